The Balaban J connectivity index is 1.16. The summed E-state index contributed by atoms with van der Waals surface area (Å²) in [4.78, 5) is 20.3. The Morgan fingerprint density at radius 1 is 0.380 bits per heavy atom. The molecule has 0 atom stereocenters. The minimum atomic E-state index is 0.594. The van der Waals surface area contributed by atoms with Crippen molar-refractivity contribution in [2.24, 2.45) is 0 Å². The Morgan fingerprint density at radius 2 is 1.02 bits per heavy atom. The second-order valence-electron chi connectivity index (χ2n) is 12.2. The van der Waals surface area contributed by atoms with E-state index < -0.39 is 0 Å². The Hall–Kier alpha value is -6.92. The fourth-order valence-electron chi connectivity index (χ4n) is 6.74. The normalized spacial score (nSPS) is 11.6. The van der Waals surface area contributed by atoms with Crippen LogP contribution < -0.4 is 0 Å². The number of benzene rings is 6. The van der Waals surface area contributed by atoms with Crippen LogP contribution in [0.2, 0.25) is 0 Å². The molecule has 0 spiro atoms. The minimum absolute atomic E-state index is 0.594. The fourth-order valence-corrected chi connectivity index (χ4v) is 6.74. The van der Waals surface area contributed by atoms with Gasteiger partial charge in [0.05, 0.1) is 11.4 Å². The van der Waals surface area contributed by atoms with Crippen LogP contribution in [-0.2, 0) is 0 Å². The quantitative estimate of drug-likeness (QED) is 0.186. The van der Waals surface area contributed by atoms with E-state index in [4.69, 9.17) is 28.8 Å². The molecule has 4 heterocycles. The van der Waals surface area contributed by atoms with Crippen LogP contribution in [-0.4, -0.2) is 19.9 Å². The van der Waals surface area contributed by atoms with E-state index in [1.807, 2.05) is 109 Å². The van der Waals surface area contributed by atoms with Gasteiger partial charge in [0.1, 0.15) is 28.0 Å². The average Bonchev–Trinajstić information content (AvgIpc) is 3.76. The first kappa shape index (κ1) is 28.1. The van der Waals surface area contributed by atoms with Gasteiger partial charge in [-0.2, -0.15) is 0 Å². The Morgan fingerprint density at radius 3 is 1.74 bits per heavy atom. The van der Waals surface area contributed by atoms with E-state index in [1.165, 1.54) is 0 Å². The summed E-state index contributed by atoms with van der Waals surface area (Å²) in [7, 11) is 0. The van der Waals surface area contributed by atoms with Gasteiger partial charge in [-0.3, -0.25) is 0 Å². The van der Waals surface area contributed by atoms with E-state index >= 15 is 0 Å². The number of hydrogen-bond donors (Lipinski definition) is 0. The van der Waals surface area contributed by atoms with Crippen LogP contribution in [0.1, 0.15) is 0 Å². The first-order valence-electron chi connectivity index (χ1n) is 16.5. The molecule has 0 saturated carbocycles. The molecule has 0 N–H and O–H groups in total. The number of rotatable bonds is 5. The van der Waals surface area contributed by atoms with Crippen molar-refractivity contribution in [1.29, 1.82) is 0 Å². The van der Waals surface area contributed by atoms with Crippen molar-refractivity contribution < 1.29 is 8.83 Å². The van der Waals surface area contributed by atoms with E-state index in [9.17, 15) is 0 Å². The number of hydrogen-bond acceptors (Lipinski definition) is 6. The highest BCUT2D eigenvalue weighted by Crippen LogP contribution is 2.40. The molecule has 0 amide bonds. The third-order valence-corrected chi connectivity index (χ3v) is 9.13. The van der Waals surface area contributed by atoms with Gasteiger partial charge >= 0.3 is 0 Å². The number of nitrogens with zero attached hydrogens (tertiary/aromatic N) is 4. The van der Waals surface area contributed by atoms with Crippen molar-refractivity contribution in [1.82, 2.24) is 19.9 Å². The largest absolute Gasteiger partial charge is 0.456 e. The van der Waals surface area contributed by atoms with Gasteiger partial charge in [0.15, 0.2) is 17.2 Å². The molecule has 0 radical (unpaired) electrons. The summed E-state index contributed by atoms with van der Waals surface area (Å²) in [5.74, 6) is 1.23. The summed E-state index contributed by atoms with van der Waals surface area (Å²) in [5.41, 5.74) is 10.9. The van der Waals surface area contributed by atoms with Crippen LogP contribution in [0.3, 0.4) is 0 Å². The van der Waals surface area contributed by atoms with Crippen molar-refractivity contribution >= 4 is 44.0 Å². The molecule has 0 unspecified atom stereocenters. The zero-order valence-electron chi connectivity index (χ0n) is 26.6. The Labute approximate surface area is 286 Å². The highest BCUT2D eigenvalue weighted by atomic mass is 16.3. The number of aromatic nitrogens is 4. The zero-order chi connectivity index (χ0) is 33.0. The third kappa shape index (κ3) is 4.65. The summed E-state index contributed by atoms with van der Waals surface area (Å²) >= 11 is 0. The Bertz CT molecular complexity index is 2800. The van der Waals surface area contributed by atoms with Crippen molar-refractivity contribution in [3.8, 4) is 56.5 Å². The van der Waals surface area contributed by atoms with E-state index in [2.05, 4.69) is 48.5 Å². The lowest BCUT2D eigenvalue weighted by Crippen LogP contribution is -1.96. The van der Waals surface area contributed by atoms with Gasteiger partial charge in [0.2, 0.25) is 0 Å². The molecule has 0 aliphatic carbocycles. The van der Waals surface area contributed by atoms with Gasteiger partial charge in [-0.25, -0.2) is 19.9 Å². The van der Waals surface area contributed by atoms with Gasteiger partial charge in [-0.1, -0.05) is 121 Å². The van der Waals surface area contributed by atoms with Crippen molar-refractivity contribution in [3.05, 3.63) is 158 Å². The van der Waals surface area contributed by atoms with E-state index in [1.54, 1.807) is 0 Å². The molecule has 6 nitrogen and oxygen atoms in total. The van der Waals surface area contributed by atoms with Crippen molar-refractivity contribution in [2.45, 2.75) is 0 Å². The van der Waals surface area contributed by atoms with Gasteiger partial charge < -0.3 is 8.83 Å². The predicted octanol–water partition coefficient (Wildman–Crippen LogP) is 11.4. The van der Waals surface area contributed by atoms with Gasteiger partial charge in [-0.05, 0) is 36.4 Å². The summed E-state index contributed by atoms with van der Waals surface area (Å²) in [6.07, 6.45) is 0. The first-order chi connectivity index (χ1) is 24.8. The lowest BCUT2D eigenvalue weighted by molar-refractivity contribution is 0.667. The van der Waals surface area contributed by atoms with Crippen molar-refractivity contribution in [2.75, 3.05) is 0 Å². The standard InChI is InChI=1S/C44H26N4O2/c1-4-13-27(14-5-1)34-26-35(28-15-6-2-7-16-28)46-44(45-34)33-20-12-22-37-39(33)31-24-23-30(25-38(31)49-37)43-47-40(29-17-8-3-9-18-29)42-41(48-43)32-19-10-11-21-36(32)50-42/h1-26H. The molecule has 50 heavy (non-hydrogen) atoms. The molecule has 0 saturated heterocycles. The van der Waals surface area contributed by atoms with Crippen LogP contribution in [0.5, 0.6) is 0 Å². The molecular formula is C44H26N4O2. The third-order valence-electron chi connectivity index (χ3n) is 9.13. The first-order valence-corrected chi connectivity index (χ1v) is 16.5. The number of para-hydroxylation sites is 1. The van der Waals surface area contributed by atoms with Crippen LogP contribution in [0, 0.1) is 0 Å². The molecule has 0 bridgehead atoms. The second kappa shape index (κ2) is 11.4. The molecule has 0 aliphatic rings. The lowest BCUT2D eigenvalue weighted by atomic mass is 10.0. The summed E-state index contributed by atoms with van der Waals surface area (Å²) in [6, 6.07) is 52.8. The minimum Gasteiger partial charge on any atom is -0.456 e. The fraction of sp³-hybridized carbons (Fsp3) is 0. The topological polar surface area (TPSA) is 77.8 Å². The molecule has 6 heteroatoms. The maximum absolute atomic E-state index is 6.53. The second-order valence-corrected chi connectivity index (χ2v) is 12.2. The summed E-state index contributed by atoms with van der Waals surface area (Å²) < 4.78 is 12.8. The van der Waals surface area contributed by atoms with Crippen LogP contribution in [0.25, 0.3) is 101 Å². The maximum atomic E-state index is 6.53. The summed E-state index contributed by atoms with van der Waals surface area (Å²) in [6.45, 7) is 0. The molecule has 4 aromatic heterocycles. The van der Waals surface area contributed by atoms with Gasteiger partial charge in [-0.15, -0.1) is 0 Å². The van der Waals surface area contributed by atoms with Crippen LogP contribution in [0.4, 0.5) is 0 Å². The molecule has 0 fully saturated rings. The average molecular weight is 643 g/mol. The van der Waals surface area contributed by atoms with Crippen molar-refractivity contribution in [3.63, 3.8) is 0 Å². The molecule has 6 aromatic carbocycles. The number of furan rings is 2. The Kier molecular flexibility index (Phi) is 6.39. The SMILES string of the molecule is c1ccc(-c2cc(-c3ccccc3)nc(-c3cccc4oc5cc(-c6nc(-c7ccccc7)c7oc8ccccc8c7n6)ccc5c34)n2)cc1. The maximum Gasteiger partial charge on any atom is 0.180 e. The van der Waals surface area contributed by atoms with E-state index in [0.717, 1.165) is 83.3 Å². The smallest absolute Gasteiger partial charge is 0.180 e. The molecule has 10 rings (SSSR count). The monoisotopic (exact) mass is 642 g/mol. The van der Waals surface area contributed by atoms with Crippen LogP contribution >= 0.6 is 0 Å². The van der Waals surface area contributed by atoms with Gasteiger partial charge in [0, 0.05) is 44.0 Å². The zero-order valence-corrected chi connectivity index (χ0v) is 26.6. The number of fused-ring (bicyclic) bond motifs is 6. The highest BCUT2D eigenvalue weighted by Gasteiger charge is 2.20. The summed E-state index contributed by atoms with van der Waals surface area (Å²) in [5, 5.41) is 2.87. The molecule has 234 valence electrons. The van der Waals surface area contributed by atoms with Crippen LogP contribution in [0.15, 0.2) is 167 Å². The lowest BCUT2D eigenvalue weighted by Gasteiger charge is -2.10. The van der Waals surface area contributed by atoms with E-state index in [-0.39, 0.29) is 0 Å². The molecule has 0 aliphatic heterocycles. The molecular weight excluding hydrogens is 617 g/mol. The van der Waals surface area contributed by atoms with Gasteiger partial charge in [0.25, 0.3) is 0 Å². The predicted molar refractivity (Wildman–Crippen MR) is 199 cm³/mol. The highest BCUT2D eigenvalue weighted by molar-refractivity contribution is 6.13. The molecule has 10 aromatic rings. The van der Waals surface area contributed by atoms with E-state index in [0.29, 0.717) is 17.2 Å².